The van der Waals surface area contributed by atoms with Crippen LogP contribution >= 0.6 is 0 Å². The van der Waals surface area contributed by atoms with E-state index in [-0.39, 0.29) is 5.82 Å². The maximum absolute atomic E-state index is 9.61. The van der Waals surface area contributed by atoms with Crippen molar-refractivity contribution in [2.75, 3.05) is 0 Å². The SMILES string of the molecule is Cn1cc(N=C=O)nn1. The van der Waals surface area contributed by atoms with E-state index in [1.165, 1.54) is 17.0 Å². The molecule has 9 heavy (non-hydrogen) atoms. The number of hydrogen-bond acceptors (Lipinski definition) is 4. The van der Waals surface area contributed by atoms with Crippen LogP contribution in [0.15, 0.2) is 11.2 Å². The second-order valence-corrected chi connectivity index (χ2v) is 1.45. The summed E-state index contributed by atoms with van der Waals surface area (Å²) < 4.78 is 1.45. The van der Waals surface area contributed by atoms with Gasteiger partial charge in [0.25, 0.3) is 0 Å². The standard InChI is InChI=1S/C4H4N4O/c1-8-2-4(5-3-9)6-7-8/h2H,1H3. The lowest BCUT2D eigenvalue weighted by Gasteiger charge is -1.74. The van der Waals surface area contributed by atoms with Crippen LogP contribution in [0.3, 0.4) is 0 Å². The lowest BCUT2D eigenvalue weighted by Crippen LogP contribution is -1.85. The van der Waals surface area contributed by atoms with E-state index in [9.17, 15) is 4.79 Å². The van der Waals surface area contributed by atoms with Crippen molar-refractivity contribution in [1.29, 1.82) is 0 Å². The van der Waals surface area contributed by atoms with Crippen molar-refractivity contribution in [3.63, 3.8) is 0 Å². The Kier molecular flexibility index (Phi) is 1.38. The largest absolute Gasteiger partial charge is 0.253 e. The molecule has 0 aliphatic heterocycles. The van der Waals surface area contributed by atoms with Crippen molar-refractivity contribution in [2.24, 2.45) is 12.0 Å². The van der Waals surface area contributed by atoms with E-state index in [0.29, 0.717) is 0 Å². The summed E-state index contributed by atoms with van der Waals surface area (Å²) in [6.45, 7) is 0. The van der Waals surface area contributed by atoms with Crippen molar-refractivity contribution in [3.8, 4) is 0 Å². The van der Waals surface area contributed by atoms with Crippen LogP contribution in [0.1, 0.15) is 0 Å². The number of rotatable bonds is 1. The molecule has 1 aromatic rings. The number of aryl methyl sites for hydroxylation is 1. The summed E-state index contributed by atoms with van der Waals surface area (Å²) in [6, 6.07) is 0. The van der Waals surface area contributed by atoms with Gasteiger partial charge in [-0.2, -0.15) is 0 Å². The average molecular weight is 124 g/mol. The van der Waals surface area contributed by atoms with E-state index in [1.54, 1.807) is 7.05 Å². The highest BCUT2D eigenvalue weighted by molar-refractivity contribution is 5.42. The molecule has 0 unspecified atom stereocenters. The summed E-state index contributed by atoms with van der Waals surface area (Å²) in [5.41, 5.74) is 0. The Morgan fingerprint density at radius 2 is 2.67 bits per heavy atom. The highest BCUT2D eigenvalue weighted by Gasteiger charge is 1.90. The zero-order valence-electron chi connectivity index (χ0n) is 4.77. The molecule has 0 saturated carbocycles. The van der Waals surface area contributed by atoms with Crippen LogP contribution in [0.25, 0.3) is 0 Å². The highest BCUT2D eigenvalue weighted by atomic mass is 16.1. The summed E-state index contributed by atoms with van der Waals surface area (Å²) >= 11 is 0. The fraction of sp³-hybridized carbons (Fsp3) is 0.250. The van der Waals surface area contributed by atoms with Crippen molar-refractivity contribution >= 4 is 11.9 Å². The molecule has 0 bridgehead atoms. The molecular formula is C4H4N4O. The van der Waals surface area contributed by atoms with Gasteiger partial charge in [0, 0.05) is 7.05 Å². The molecule has 0 aromatic carbocycles. The fourth-order valence-corrected chi connectivity index (χ4v) is 0.433. The van der Waals surface area contributed by atoms with Gasteiger partial charge in [0.05, 0.1) is 6.20 Å². The van der Waals surface area contributed by atoms with Gasteiger partial charge in [-0.3, -0.25) is 4.68 Å². The summed E-state index contributed by atoms with van der Waals surface area (Å²) in [6.07, 6.45) is 2.88. The molecular weight excluding hydrogens is 120 g/mol. The first kappa shape index (κ1) is 5.65. The Bertz CT molecular complexity index is 247. The summed E-state index contributed by atoms with van der Waals surface area (Å²) in [7, 11) is 1.69. The van der Waals surface area contributed by atoms with Gasteiger partial charge in [-0.1, -0.05) is 5.21 Å². The molecule has 46 valence electrons. The number of carbonyl (C=O) groups excluding carboxylic acids is 1. The van der Waals surface area contributed by atoms with Gasteiger partial charge in [-0.05, 0) is 0 Å². The maximum Gasteiger partial charge on any atom is 0.242 e. The Morgan fingerprint density at radius 3 is 3.11 bits per heavy atom. The second-order valence-electron chi connectivity index (χ2n) is 1.45. The van der Waals surface area contributed by atoms with Crippen molar-refractivity contribution < 1.29 is 4.79 Å². The predicted octanol–water partition coefficient (Wildman–Crippen LogP) is -0.218. The Balaban J connectivity index is 2.97. The van der Waals surface area contributed by atoms with Crippen LogP contribution in [-0.2, 0) is 11.8 Å². The molecule has 0 N–H and O–H groups in total. The number of hydrogen-bond donors (Lipinski definition) is 0. The van der Waals surface area contributed by atoms with E-state index < -0.39 is 0 Å². The number of nitrogens with zero attached hydrogens (tertiary/aromatic N) is 4. The smallest absolute Gasteiger partial charge is 0.242 e. The van der Waals surface area contributed by atoms with Crippen LogP contribution < -0.4 is 0 Å². The van der Waals surface area contributed by atoms with Gasteiger partial charge in [-0.25, -0.2) is 4.79 Å². The van der Waals surface area contributed by atoms with E-state index in [1.807, 2.05) is 0 Å². The average Bonchev–Trinajstić information content (AvgIpc) is 2.17. The molecule has 0 saturated heterocycles. The second kappa shape index (κ2) is 2.19. The minimum absolute atomic E-state index is 0.285. The third-order valence-corrected chi connectivity index (χ3v) is 0.751. The normalized spacial score (nSPS) is 8.56. The van der Waals surface area contributed by atoms with Gasteiger partial charge in [-0.15, -0.1) is 10.1 Å². The van der Waals surface area contributed by atoms with Crippen LogP contribution in [0.4, 0.5) is 5.82 Å². The molecule has 5 nitrogen and oxygen atoms in total. The van der Waals surface area contributed by atoms with Crippen LogP contribution in [0.2, 0.25) is 0 Å². The first-order valence-corrected chi connectivity index (χ1v) is 2.27. The van der Waals surface area contributed by atoms with Gasteiger partial charge < -0.3 is 0 Å². The van der Waals surface area contributed by atoms with E-state index in [2.05, 4.69) is 15.3 Å². The summed E-state index contributed by atoms with van der Waals surface area (Å²) in [5, 5.41) is 7.02. The topological polar surface area (TPSA) is 60.1 Å². The minimum atomic E-state index is 0.285. The molecule has 1 aromatic heterocycles. The third-order valence-electron chi connectivity index (χ3n) is 0.751. The van der Waals surface area contributed by atoms with Gasteiger partial charge in [0.15, 0.2) is 0 Å². The first-order chi connectivity index (χ1) is 4.33. The number of isocyanates is 1. The van der Waals surface area contributed by atoms with Gasteiger partial charge in [0.1, 0.15) is 0 Å². The van der Waals surface area contributed by atoms with Crippen molar-refractivity contribution in [2.45, 2.75) is 0 Å². The fourth-order valence-electron chi connectivity index (χ4n) is 0.433. The third kappa shape index (κ3) is 1.20. The molecule has 5 heteroatoms. The molecule has 0 aliphatic rings. The molecule has 0 amide bonds. The lowest BCUT2D eigenvalue weighted by atomic mass is 10.8. The maximum atomic E-state index is 9.61. The monoisotopic (exact) mass is 124 g/mol. The predicted molar refractivity (Wildman–Crippen MR) is 28.8 cm³/mol. The van der Waals surface area contributed by atoms with E-state index in [4.69, 9.17) is 0 Å². The molecule has 0 fully saturated rings. The zero-order valence-corrected chi connectivity index (χ0v) is 4.77. The molecule has 0 radical (unpaired) electrons. The highest BCUT2D eigenvalue weighted by Crippen LogP contribution is 2.00. The molecule has 1 rings (SSSR count). The van der Waals surface area contributed by atoms with Crippen LogP contribution in [0, 0.1) is 0 Å². The Labute approximate surface area is 51.0 Å². The van der Waals surface area contributed by atoms with Crippen molar-refractivity contribution in [3.05, 3.63) is 6.20 Å². The minimum Gasteiger partial charge on any atom is -0.253 e. The molecule has 0 aliphatic carbocycles. The zero-order chi connectivity index (χ0) is 6.69. The Hall–Kier alpha value is -1.48. The molecule has 0 spiro atoms. The van der Waals surface area contributed by atoms with E-state index >= 15 is 0 Å². The number of aromatic nitrogens is 3. The Morgan fingerprint density at radius 1 is 1.89 bits per heavy atom. The van der Waals surface area contributed by atoms with Crippen LogP contribution in [-0.4, -0.2) is 21.1 Å². The number of aliphatic imine (C=N–C) groups is 1. The first-order valence-electron chi connectivity index (χ1n) is 2.27. The lowest BCUT2D eigenvalue weighted by molar-refractivity contribution is 0.565. The van der Waals surface area contributed by atoms with Crippen LogP contribution in [0.5, 0.6) is 0 Å². The van der Waals surface area contributed by atoms with E-state index in [0.717, 1.165) is 0 Å². The van der Waals surface area contributed by atoms with Gasteiger partial charge >= 0.3 is 0 Å². The summed E-state index contributed by atoms with van der Waals surface area (Å²) in [5.74, 6) is 0.285. The summed E-state index contributed by atoms with van der Waals surface area (Å²) in [4.78, 5) is 12.8. The molecule has 1 heterocycles. The van der Waals surface area contributed by atoms with Crippen molar-refractivity contribution in [1.82, 2.24) is 15.0 Å². The quantitative estimate of drug-likeness (QED) is 0.384. The van der Waals surface area contributed by atoms with Gasteiger partial charge in [0.2, 0.25) is 11.9 Å². The molecule has 0 atom stereocenters.